The van der Waals surface area contributed by atoms with Crippen LogP contribution in [0.1, 0.15) is 10.9 Å². The molecule has 5 nitrogen and oxygen atoms in total. The van der Waals surface area contributed by atoms with Gasteiger partial charge in [-0.25, -0.2) is 0 Å². The standard InChI is InChI=1S/C19H14N2O3S/c22-18-12-25-19(16-7-3-4-8-17(16)21(23)24)20(18)15-10-9-13-5-1-2-6-14(13)11-15/h1-11,19H,12H2. The van der Waals surface area contributed by atoms with Gasteiger partial charge < -0.3 is 0 Å². The summed E-state index contributed by atoms with van der Waals surface area (Å²) in [4.78, 5) is 25.2. The first-order valence-electron chi connectivity index (χ1n) is 7.81. The van der Waals surface area contributed by atoms with Gasteiger partial charge >= 0.3 is 0 Å². The third kappa shape index (κ3) is 2.74. The largest absolute Gasteiger partial charge is 0.295 e. The minimum absolute atomic E-state index is 0.0385. The molecule has 124 valence electrons. The van der Waals surface area contributed by atoms with E-state index in [0.717, 1.165) is 16.5 Å². The lowest BCUT2D eigenvalue weighted by atomic mass is 10.1. The van der Waals surface area contributed by atoms with Gasteiger partial charge in [0, 0.05) is 11.8 Å². The number of thioether (sulfide) groups is 1. The molecule has 3 aromatic carbocycles. The van der Waals surface area contributed by atoms with Gasteiger partial charge in [-0.3, -0.25) is 19.8 Å². The average molecular weight is 350 g/mol. The molecule has 0 bridgehead atoms. The second kappa shape index (κ2) is 6.22. The molecule has 1 aliphatic rings. The minimum atomic E-state index is -0.393. The van der Waals surface area contributed by atoms with Crippen molar-refractivity contribution < 1.29 is 9.72 Å². The molecule has 0 aromatic heterocycles. The van der Waals surface area contributed by atoms with E-state index in [1.807, 2.05) is 42.5 Å². The molecule has 0 spiro atoms. The summed E-state index contributed by atoms with van der Waals surface area (Å²) in [6, 6.07) is 20.4. The number of nitro groups is 1. The fourth-order valence-corrected chi connectivity index (χ4v) is 4.33. The number of carbonyl (C=O) groups is 1. The summed E-state index contributed by atoms with van der Waals surface area (Å²) in [6.45, 7) is 0. The Labute approximate surface area is 148 Å². The number of para-hydroxylation sites is 1. The van der Waals surface area contributed by atoms with Gasteiger partial charge in [0.2, 0.25) is 5.91 Å². The van der Waals surface area contributed by atoms with Gasteiger partial charge in [-0.05, 0) is 29.0 Å². The Balaban J connectivity index is 1.81. The van der Waals surface area contributed by atoms with Crippen LogP contribution in [0.2, 0.25) is 0 Å². The Bertz CT molecular complexity index is 989. The highest BCUT2D eigenvalue weighted by Gasteiger charge is 2.37. The zero-order valence-corrected chi connectivity index (χ0v) is 14.0. The number of carbonyl (C=O) groups excluding carboxylic acids is 1. The van der Waals surface area contributed by atoms with Crippen LogP contribution >= 0.6 is 11.8 Å². The number of amides is 1. The van der Waals surface area contributed by atoms with E-state index < -0.39 is 10.3 Å². The van der Waals surface area contributed by atoms with Crippen LogP contribution in [0.3, 0.4) is 0 Å². The van der Waals surface area contributed by atoms with Crippen molar-refractivity contribution in [2.24, 2.45) is 0 Å². The lowest BCUT2D eigenvalue weighted by Crippen LogP contribution is -2.28. The second-order valence-electron chi connectivity index (χ2n) is 5.77. The maximum Gasteiger partial charge on any atom is 0.275 e. The summed E-state index contributed by atoms with van der Waals surface area (Å²) in [5.74, 6) is 0.271. The molecular weight excluding hydrogens is 336 g/mol. The average Bonchev–Trinajstić information content (AvgIpc) is 3.02. The topological polar surface area (TPSA) is 63.4 Å². The monoisotopic (exact) mass is 350 g/mol. The summed E-state index contributed by atoms with van der Waals surface area (Å²) in [5, 5.41) is 13.1. The summed E-state index contributed by atoms with van der Waals surface area (Å²) >= 11 is 1.42. The summed E-state index contributed by atoms with van der Waals surface area (Å²) in [6.07, 6.45) is 0. The Hall–Kier alpha value is -2.86. The van der Waals surface area contributed by atoms with Gasteiger partial charge in [0.15, 0.2) is 0 Å². The van der Waals surface area contributed by atoms with Crippen LogP contribution in [0.5, 0.6) is 0 Å². The van der Waals surface area contributed by atoms with Crippen LogP contribution in [0.4, 0.5) is 11.4 Å². The fourth-order valence-electron chi connectivity index (χ4n) is 3.12. The van der Waals surface area contributed by atoms with Crippen molar-refractivity contribution in [1.82, 2.24) is 0 Å². The Morgan fingerprint density at radius 1 is 1.00 bits per heavy atom. The maximum absolute atomic E-state index is 12.5. The van der Waals surface area contributed by atoms with Gasteiger partial charge in [0.05, 0.1) is 16.2 Å². The number of rotatable bonds is 3. The first-order valence-corrected chi connectivity index (χ1v) is 8.86. The third-order valence-electron chi connectivity index (χ3n) is 4.28. The van der Waals surface area contributed by atoms with Gasteiger partial charge in [0.1, 0.15) is 5.37 Å². The molecule has 0 radical (unpaired) electrons. The molecule has 1 atom stereocenters. The van der Waals surface area contributed by atoms with Crippen molar-refractivity contribution in [1.29, 1.82) is 0 Å². The van der Waals surface area contributed by atoms with Crippen molar-refractivity contribution in [2.45, 2.75) is 5.37 Å². The van der Waals surface area contributed by atoms with E-state index in [2.05, 4.69) is 0 Å². The van der Waals surface area contributed by atoms with Crippen molar-refractivity contribution in [3.63, 3.8) is 0 Å². The van der Waals surface area contributed by atoms with E-state index in [9.17, 15) is 14.9 Å². The van der Waals surface area contributed by atoms with Crippen LogP contribution in [0.25, 0.3) is 10.8 Å². The Kier molecular flexibility index (Phi) is 3.89. The van der Waals surface area contributed by atoms with Gasteiger partial charge in [0.25, 0.3) is 5.69 Å². The first-order chi connectivity index (χ1) is 12.1. The zero-order valence-electron chi connectivity index (χ0n) is 13.2. The van der Waals surface area contributed by atoms with E-state index in [-0.39, 0.29) is 11.6 Å². The molecule has 25 heavy (non-hydrogen) atoms. The molecule has 0 saturated carbocycles. The number of nitro benzene ring substituents is 1. The van der Waals surface area contributed by atoms with E-state index in [1.54, 1.807) is 23.1 Å². The van der Waals surface area contributed by atoms with Gasteiger partial charge in [-0.1, -0.05) is 42.5 Å². The maximum atomic E-state index is 12.5. The van der Waals surface area contributed by atoms with Crippen LogP contribution in [-0.4, -0.2) is 16.6 Å². The number of fused-ring (bicyclic) bond motifs is 1. The van der Waals surface area contributed by atoms with Crippen LogP contribution in [0, 0.1) is 10.1 Å². The molecule has 0 N–H and O–H groups in total. The van der Waals surface area contributed by atoms with Gasteiger partial charge in [-0.15, -0.1) is 11.8 Å². The Morgan fingerprint density at radius 3 is 2.52 bits per heavy atom. The molecule has 4 rings (SSSR count). The fraction of sp³-hybridized carbons (Fsp3) is 0.105. The SMILES string of the molecule is O=C1CSC(c2ccccc2[N+](=O)[O-])N1c1ccc2ccccc2c1. The predicted octanol–water partition coefficient (Wildman–Crippen LogP) is 4.53. The molecule has 1 amide bonds. The smallest absolute Gasteiger partial charge is 0.275 e. The first kappa shape index (κ1) is 15.7. The van der Waals surface area contributed by atoms with Crippen molar-refractivity contribution in [3.8, 4) is 0 Å². The summed E-state index contributed by atoms with van der Waals surface area (Å²) in [7, 11) is 0. The molecule has 1 aliphatic heterocycles. The van der Waals surface area contributed by atoms with E-state index in [0.29, 0.717) is 11.3 Å². The van der Waals surface area contributed by atoms with Gasteiger partial charge in [-0.2, -0.15) is 0 Å². The van der Waals surface area contributed by atoms with Crippen LogP contribution in [0.15, 0.2) is 66.7 Å². The van der Waals surface area contributed by atoms with Crippen LogP contribution < -0.4 is 4.90 Å². The highest BCUT2D eigenvalue weighted by Crippen LogP contribution is 2.45. The van der Waals surface area contributed by atoms with Crippen molar-refractivity contribution in [3.05, 3.63) is 82.4 Å². The quantitative estimate of drug-likeness (QED) is 0.514. The predicted molar refractivity (Wildman–Crippen MR) is 99.7 cm³/mol. The molecular formula is C19H14N2O3S. The number of nitrogens with zero attached hydrogens (tertiary/aromatic N) is 2. The lowest BCUT2D eigenvalue weighted by molar-refractivity contribution is -0.385. The highest BCUT2D eigenvalue weighted by molar-refractivity contribution is 8.00. The highest BCUT2D eigenvalue weighted by atomic mass is 32.2. The molecule has 1 heterocycles. The summed E-state index contributed by atoms with van der Waals surface area (Å²) < 4.78 is 0. The number of anilines is 1. The molecule has 3 aromatic rings. The minimum Gasteiger partial charge on any atom is -0.295 e. The van der Waals surface area contributed by atoms with Crippen LogP contribution in [-0.2, 0) is 4.79 Å². The normalized spacial score (nSPS) is 17.2. The van der Waals surface area contributed by atoms with E-state index in [1.165, 1.54) is 17.8 Å². The van der Waals surface area contributed by atoms with E-state index in [4.69, 9.17) is 0 Å². The molecule has 6 heteroatoms. The number of hydrogen-bond acceptors (Lipinski definition) is 4. The zero-order chi connectivity index (χ0) is 17.4. The molecule has 1 unspecified atom stereocenters. The van der Waals surface area contributed by atoms with E-state index >= 15 is 0 Å². The Morgan fingerprint density at radius 2 is 1.72 bits per heavy atom. The molecule has 1 fully saturated rings. The number of hydrogen-bond donors (Lipinski definition) is 0. The van der Waals surface area contributed by atoms with Crippen molar-refractivity contribution >= 4 is 39.8 Å². The molecule has 1 saturated heterocycles. The number of benzene rings is 3. The third-order valence-corrected chi connectivity index (χ3v) is 5.47. The molecule has 0 aliphatic carbocycles. The lowest BCUT2D eigenvalue weighted by Gasteiger charge is -2.24. The van der Waals surface area contributed by atoms with Crippen molar-refractivity contribution in [2.75, 3.05) is 10.7 Å². The second-order valence-corrected chi connectivity index (χ2v) is 6.84. The summed E-state index contributed by atoms with van der Waals surface area (Å²) in [5.41, 5.74) is 1.36.